The second-order valence-corrected chi connectivity index (χ2v) is 8.60. The Bertz CT molecular complexity index is 895. The molecule has 2 heterocycles. The lowest BCUT2D eigenvalue weighted by molar-refractivity contribution is -0.114. The molecule has 1 amide bonds. The molecule has 0 bridgehead atoms. The van der Waals surface area contributed by atoms with Crippen LogP contribution in [0.15, 0.2) is 34.7 Å². The predicted molar refractivity (Wildman–Crippen MR) is 91.9 cm³/mol. The van der Waals surface area contributed by atoms with Crippen LogP contribution in [0, 0.1) is 0 Å². The number of amides is 1. The maximum Gasteiger partial charge on any atom is 0.273 e. The molecule has 1 N–H and O–H groups in total. The Morgan fingerprint density at radius 1 is 1.24 bits per heavy atom. The molecule has 0 spiro atoms. The Morgan fingerprint density at radius 2 is 1.96 bits per heavy atom. The summed E-state index contributed by atoms with van der Waals surface area (Å²) in [5.74, 6) is -0.591. The van der Waals surface area contributed by atoms with Crippen molar-refractivity contribution in [1.29, 1.82) is 0 Å². The number of sulfonamides is 1. The highest BCUT2D eigenvalue weighted by atomic mass is 32.2. The molecule has 1 atom stereocenters. The van der Waals surface area contributed by atoms with Gasteiger partial charge in [0.15, 0.2) is 5.78 Å². The van der Waals surface area contributed by atoms with E-state index in [0.717, 1.165) is 11.3 Å². The largest absolute Gasteiger partial charge is 0.301 e. The summed E-state index contributed by atoms with van der Waals surface area (Å²) in [6.45, 7) is 1.55. The minimum absolute atomic E-state index is 0.108. The van der Waals surface area contributed by atoms with Gasteiger partial charge in [0.1, 0.15) is 0 Å². The minimum Gasteiger partial charge on any atom is -0.301 e. The van der Waals surface area contributed by atoms with Crippen molar-refractivity contribution in [1.82, 2.24) is 14.5 Å². The molecular weight excluding hydrogens is 364 g/mol. The molecular formula is C15H16N4O4S2. The number of ketones is 1. The molecule has 8 nitrogen and oxygen atoms in total. The van der Waals surface area contributed by atoms with Crippen LogP contribution in [-0.2, 0) is 14.8 Å². The molecule has 1 aliphatic rings. The molecule has 0 aliphatic carbocycles. The monoisotopic (exact) mass is 380 g/mol. The normalized spacial score (nSPS) is 18.2. The van der Waals surface area contributed by atoms with Crippen molar-refractivity contribution in [2.24, 2.45) is 0 Å². The van der Waals surface area contributed by atoms with Crippen molar-refractivity contribution >= 4 is 38.2 Å². The van der Waals surface area contributed by atoms with Gasteiger partial charge in [0, 0.05) is 19.0 Å². The fourth-order valence-electron chi connectivity index (χ4n) is 2.70. The number of benzene rings is 1. The average molecular weight is 380 g/mol. The number of aromatic nitrogens is 2. The summed E-state index contributed by atoms with van der Waals surface area (Å²) in [5.41, 5.74) is 0.478. The zero-order valence-electron chi connectivity index (χ0n) is 13.4. The van der Waals surface area contributed by atoms with Crippen molar-refractivity contribution in [3.05, 3.63) is 35.9 Å². The molecule has 1 saturated heterocycles. The van der Waals surface area contributed by atoms with E-state index >= 15 is 0 Å². The second-order valence-electron chi connectivity index (χ2n) is 5.56. The van der Waals surface area contributed by atoms with Crippen LogP contribution in [0.3, 0.4) is 0 Å². The molecule has 3 rings (SSSR count). The van der Waals surface area contributed by atoms with Gasteiger partial charge in [-0.3, -0.25) is 9.59 Å². The fraction of sp³-hybridized carbons (Fsp3) is 0.333. The first-order valence-corrected chi connectivity index (χ1v) is 9.87. The third-order valence-electron chi connectivity index (χ3n) is 3.78. The number of hydrogen-bond donors (Lipinski definition) is 1. The zero-order chi connectivity index (χ0) is 18.0. The predicted octanol–water partition coefficient (Wildman–Crippen LogP) is 1.53. The van der Waals surface area contributed by atoms with E-state index in [4.69, 9.17) is 0 Å². The Hall–Kier alpha value is -2.17. The third-order valence-corrected chi connectivity index (χ3v) is 6.88. The van der Waals surface area contributed by atoms with Crippen molar-refractivity contribution in [3.63, 3.8) is 0 Å². The maximum absolute atomic E-state index is 12.8. The van der Waals surface area contributed by atoms with Crippen LogP contribution in [0.4, 0.5) is 5.13 Å². The number of rotatable bonds is 5. The Kier molecular flexibility index (Phi) is 4.93. The van der Waals surface area contributed by atoms with Crippen LogP contribution in [-0.4, -0.2) is 47.2 Å². The Balaban J connectivity index is 1.87. The number of nitrogens with zero attached hydrogens (tertiary/aromatic N) is 3. The van der Waals surface area contributed by atoms with Crippen LogP contribution >= 0.6 is 11.3 Å². The average Bonchev–Trinajstić information content (AvgIpc) is 3.24. The van der Waals surface area contributed by atoms with Gasteiger partial charge in [0.25, 0.3) is 10.0 Å². The van der Waals surface area contributed by atoms with E-state index in [1.54, 1.807) is 30.3 Å². The van der Waals surface area contributed by atoms with Gasteiger partial charge in [-0.05, 0) is 12.8 Å². The van der Waals surface area contributed by atoms with Crippen LogP contribution in [0.1, 0.15) is 30.1 Å². The van der Waals surface area contributed by atoms with E-state index < -0.39 is 16.1 Å². The summed E-state index contributed by atoms with van der Waals surface area (Å²) >= 11 is 0.769. The molecule has 1 aromatic carbocycles. The lowest BCUT2D eigenvalue weighted by Crippen LogP contribution is -2.40. The van der Waals surface area contributed by atoms with Crippen molar-refractivity contribution in [2.75, 3.05) is 11.9 Å². The third kappa shape index (κ3) is 3.60. The molecule has 0 saturated carbocycles. The highest BCUT2D eigenvalue weighted by molar-refractivity contribution is 7.91. The number of anilines is 1. The van der Waals surface area contributed by atoms with E-state index in [1.807, 2.05) is 0 Å². The summed E-state index contributed by atoms with van der Waals surface area (Å²) in [6, 6.07) is 7.87. The van der Waals surface area contributed by atoms with E-state index in [1.165, 1.54) is 11.2 Å². The highest BCUT2D eigenvalue weighted by Crippen LogP contribution is 2.30. The molecule has 1 aromatic heterocycles. The maximum atomic E-state index is 12.8. The summed E-state index contributed by atoms with van der Waals surface area (Å²) in [5, 5.41) is 9.84. The first-order valence-electron chi connectivity index (χ1n) is 7.62. The molecule has 132 valence electrons. The van der Waals surface area contributed by atoms with Gasteiger partial charge in [-0.25, -0.2) is 8.42 Å². The quantitative estimate of drug-likeness (QED) is 0.622. The zero-order valence-corrected chi connectivity index (χ0v) is 15.0. The Morgan fingerprint density at radius 3 is 2.64 bits per heavy atom. The number of carbonyl (C=O) groups is 2. The number of carbonyl (C=O) groups excluding carboxylic acids is 2. The lowest BCUT2D eigenvalue weighted by atomic mass is 10.0. The topological polar surface area (TPSA) is 109 Å². The van der Waals surface area contributed by atoms with Crippen LogP contribution < -0.4 is 5.32 Å². The van der Waals surface area contributed by atoms with Crippen molar-refractivity contribution in [3.8, 4) is 0 Å². The van der Waals surface area contributed by atoms with E-state index in [0.29, 0.717) is 18.4 Å². The molecule has 1 aliphatic heterocycles. The van der Waals surface area contributed by atoms with Gasteiger partial charge in [-0.2, -0.15) is 4.31 Å². The highest BCUT2D eigenvalue weighted by Gasteiger charge is 2.41. The molecule has 25 heavy (non-hydrogen) atoms. The first-order chi connectivity index (χ1) is 11.9. The summed E-state index contributed by atoms with van der Waals surface area (Å²) in [7, 11) is -3.95. The molecule has 10 heteroatoms. The van der Waals surface area contributed by atoms with Gasteiger partial charge in [-0.15, -0.1) is 10.2 Å². The number of nitrogens with one attached hydrogen (secondary N) is 1. The van der Waals surface area contributed by atoms with Gasteiger partial charge in [0.2, 0.25) is 15.4 Å². The van der Waals surface area contributed by atoms with Gasteiger partial charge < -0.3 is 5.32 Å². The second kappa shape index (κ2) is 6.98. The molecule has 1 fully saturated rings. The van der Waals surface area contributed by atoms with Crippen LogP contribution in [0.25, 0.3) is 0 Å². The van der Waals surface area contributed by atoms with Crippen LogP contribution in [0.2, 0.25) is 0 Å². The van der Waals surface area contributed by atoms with Gasteiger partial charge >= 0.3 is 0 Å². The van der Waals surface area contributed by atoms with Gasteiger partial charge in [-0.1, -0.05) is 41.7 Å². The molecule has 0 radical (unpaired) electrons. The fourth-order valence-corrected chi connectivity index (χ4v) is 5.42. The molecule has 2 aromatic rings. The lowest BCUT2D eigenvalue weighted by Gasteiger charge is -2.21. The van der Waals surface area contributed by atoms with E-state index in [9.17, 15) is 18.0 Å². The summed E-state index contributed by atoms with van der Waals surface area (Å²) in [6.07, 6.45) is 1.06. The first kappa shape index (κ1) is 17.6. The summed E-state index contributed by atoms with van der Waals surface area (Å²) in [4.78, 5) is 23.7. The summed E-state index contributed by atoms with van der Waals surface area (Å²) < 4.78 is 26.6. The SMILES string of the molecule is CC(=O)Nc1nnc(S(=O)(=O)N2CCCC2C(=O)c2ccccc2)s1. The number of Topliss-reactive ketones (excluding diaryl/α,β-unsaturated/α-hetero) is 1. The van der Waals surface area contributed by atoms with E-state index in [-0.39, 0.29) is 27.7 Å². The van der Waals surface area contributed by atoms with Crippen LogP contribution in [0.5, 0.6) is 0 Å². The van der Waals surface area contributed by atoms with E-state index in [2.05, 4.69) is 15.5 Å². The molecule has 1 unspecified atom stereocenters. The van der Waals surface area contributed by atoms with Gasteiger partial charge in [0.05, 0.1) is 6.04 Å². The van der Waals surface area contributed by atoms with Crippen molar-refractivity contribution < 1.29 is 18.0 Å². The minimum atomic E-state index is -3.95. The standard InChI is InChI=1S/C15H16N4O4S2/c1-10(20)16-14-17-18-15(24-14)25(22,23)19-9-5-8-12(19)13(21)11-6-3-2-4-7-11/h2-4,6-7,12H,5,8-9H2,1H3,(H,16,17,20). The number of hydrogen-bond acceptors (Lipinski definition) is 7. The smallest absolute Gasteiger partial charge is 0.273 e. The van der Waals surface area contributed by atoms with Crippen molar-refractivity contribution in [2.45, 2.75) is 30.1 Å². The Labute approximate surface area is 148 Å².